The fourth-order valence-corrected chi connectivity index (χ4v) is 3.00. The summed E-state index contributed by atoms with van der Waals surface area (Å²) in [6, 6.07) is 6.36. The molecule has 1 heterocycles. The van der Waals surface area contributed by atoms with Crippen molar-refractivity contribution in [3.8, 4) is 0 Å². The molecule has 0 aliphatic carbocycles. The van der Waals surface area contributed by atoms with E-state index in [9.17, 15) is 13.9 Å². The van der Waals surface area contributed by atoms with Gasteiger partial charge in [-0.15, -0.1) is 11.3 Å². The summed E-state index contributed by atoms with van der Waals surface area (Å²) in [7, 11) is 0. The average molecular weight is 333 g/mol. The summed E-state index contributed by atoms with van der Waals surface area (Å²) in [5.74, 6) is -1.88. The van der Waals surface area contributed by atoms with E-state index in [4.69, 9.17) is 0 Å². The minimum Gasteiger partial charge on any atom is -0.388 e. The first kappa shape index (κ1) is 13.6. The average Bonchev–Trinajstić information content (AvgIpc) is 2.86. The Hall–Kier alpha value is -0.780. The Morgan fingerprint density at radius 3 is 2.72 bits per heavy atom. The molecule has 1 unspecified atom stereocenters. The van der Waals surface area contributed by atoms with Crippen LogP contribution >= 0.6 is 27.3 Å². The molecule has 0 amide bonds. The van der Waals surface area contributed by atoms with E-state index in [0.29, 0.717) is 18.4 Å². The van der Waals surface area contributed by atoms with E-state index in [1.54, 1.807) is 11.3 Å². The monoisotopic (exact) mass is 332 g/mol. The molecule has 0 radical (unpaired) electrons. The SMILES string of the molecule is OC(CCc1cccs1)c1ccc(F)c(F)c1Br. The molecule has 1 atom stereocenters. The number of thiophene rings is 1. The van der Waals surface area contributed by atoms with Crippen molar-refractivity contribution in [1.82, 2.24) is 0 Å². The predicted octanol–water partition coefficient (Wildman–Crippen LogP) is 4.46. The van der Waals surface area contributed by atoms with Crippen molar-refractivity contribution in [3.63, 3.8) is 0 Å². The summed E-state index contributed by atoms with van der Waals surface area (Å²) in [6.45, 7) is 0. The second kappa shape index (κ2) is 5.91. The second-order valence-electron chi connectivity index (χ2n) is 3.90. The van der Waals surface area contributed by atoms with E-state index in [1.165, 1.54) is 6.07 Å². The van der Waals surface area contributed by atoms with Crippen molar-refractivity contribution < 1.29 is 13.9 Å². The molecule has 1 aromatic carbocycles. The molecule has 5 heteroatoms. The molecule has 0 aliphatic heterocycles. The van der Waals surface area contributed by atoms with Gasteiger partial charge in [0, 0.05) is 4.88 Å². The van der Waals surface area contributed by atoms with Crippen LogP contribution in [0.15, 0.2) is 34.1 Å². The normalized spacial score (nSPS) is 12.7. The minimum atomic E-state index is -0.956. The van der Waals surface area contributed by atoms with Crippen LogP contribution in [0, 0.1) is 11.6 Å². The minimum absolute atomic E-state index is 0.00109. The molecule has 0 saturated carbocycles. The van der Waals surface area contributed by atoms with Gasteiger partial charge < -0.3 is 5.11 Å². The van der Waals surface area contributed by atoms with E-state index in [-0.39, 0.29) is 4.47 Å². The smallest absolute Gasteiger partial charge is 0.173 e. The first-order chi connectivity index (χ1) is 8.59. The van der Waals surface area contributed by atoms with Crippen LogP contribution in [0.4, 0.5) is 8.78 Å². The van der Waals surface area contributed by atoms with E-state index >= 15 is 0 Å². The number of rotatable bonds is 4. The van der Waals surface area contributed by atoms with Crippen LogP contribution in [0.25, 0.3) is 0 Å². The molecule has 2 rings (SSSR count). The molecule has 1 N–H and O–H groups in total. The fourth-order valence-electron chi connectivity index (χ4n) is 1.69. The molecule has 0 aliphatic rings. The number of benzene rings is 1. The summed E-state index contributed by atoms with van der Waals surface area (Å²) >= 11 is 4.59. The van der Waals surface area contributed by atoms with Crippen LogP contribution in [-0.2, 0) is 6.42 Å². The molecule has 96 valence electrons. The van der Waals surface area contributed by atoms with Gasteiger partial charge in [0.1, 0.15) is 0 Å². The van der Waals surface area contributed by atoms with Crippen LogP contribution in [0.5, 0.6) is 0 Å². The van der Waals surface area contributed by atoms with Crippen LogP contribution in [0.3, 0.4) is 0 Å². The molecule has 1 aromatic heterocycles. The van der Waals surface area contributed by atoms with Gasteiger partial charge in [-0.2, -0.15) is 0 Å². The molecule has 0 fully saturated rings. The Morgan fingerprint density at radius 1 is 1.28 bits per heavy atom. The molecular weight excluding hydrogens is 322 g/mol. The first-order valence-corrected chi connectivity index (χ1v) is 7.10. The Morgan fingerprint density at radius 2 is 2.06 bits per heavy atom. The van der Waals surface area contributed by atoms with Crippen LogP contribution in [-0.4, -0.2) is 5.11 Å². The van der Waals surface area contributed by atoms with Crippen LogP contribution in [0.2, 0.25) is 0 Å². The first-order valence-electron chi connectivity index (χ1n) is 5.43. The van der Waals surface area contributed by atoms with Crippen molar-refractivity contribution in [2.24, 2.45) is 0 Å². The summed E-state index contributed by atoms with van der Waals surface area (Å²) in [6.07, 6.45) is 0.380. The van der Waals surface area contributed by atoms with E-state index in [2.05, 4.69) is 15.9 Å². The number of halogens is 3. The Balaban J connectivity index is 2.09. The van der Waals surface area contributed by atoms with Gasteiger partial charge in [0.2, 0.25) is 0 Å². The standard InChI is InChI=1S/C13H11BrF2OS/c14-12-9(4-5-10(15)13(12)16)11(17)6-3-8-2-1-7-18-8/h1-2,4-5,7,11,17H,3,6H2. The maximum Gasteiger partial charge on any atom is 0.173 e. The van der Waals surface area contributed by atoms with Crippen molar-refractivity contribution >= 4 is 27.3 Å². The number of hydrogen-bond acceptors (Lipinski definition) is 2. The molecular formula is C13H11BrF2OS. The van der Waals surface area contributed by atoms with E-state index in [0.717, 1.165) is 10.9 Å². The highest BCUT2D eigenvalue weighted by Gasteiger charge is 2.17. The van der Waals surface area contributed by atoms with Crippen molar-refractivity contribution in [3.05, 3.63) is 56.2 Å². The number of hydrogen-bond donors (Lipinski definition) is 1. The Labute approximate surface area is 116 Å². The van der Waals surface area contributed by atoms with Crippen LogP contribution < -0.4 is 0 Å². The maximum atomic E-state index is 13.3. The van der Waals surface area contributed by atoms with Gasteiger partial charge in [-0.3, -0.25) is 0 Å². The lowest BCUT2D eigenvalue weighted by molar-refractivity contribution is 0.166. The fraction of sp³-hybridized carbons (Fsp3) is 0.231. The lowest BCUT2D eigenvalue weighted by Crippen LogP contribution is -2.02. The van der Waals surface area contributed by atoms with E-state index in [1.807, 2.05) is 17.5 Å². The van der Waals surface area contributed by atoms with Gasteiger partial charge in [0.25, 0.3) is 0 Å². The third-order valence-corrected chi connectivity index (χ3v) is 4.41. The van der Waals surface area contributed by atoms with Gasteiger partial charge in [0.15, 0.2) is 11.6 Å². The third kappa shape index (κ3) is 2.96. The number of aliphatic hydroxyl groups excluding tert-OH is 1. The zero-order valence-electron chi connectivity index (χ0n) is 9.37. The van der Waals surface area contributed by atoms with Crippen molar-refractivity contribution in [1.29, 1.82) is 0 Å². The highest BCUT2D eigenvalue weighted by molar-refractivity contribution is 9.10. The highest BCUT2D eigenvalue weighted by Crippen LogP contribution is 2.30. The highest BCUT2D eigenvalue weighted by atomic mass is 79.9. The van der Waals surface area contributed by atoms with Crippen LogP contribution in [0.1, 0.15) is 23.0 Å². The molecule has 0 saturated heterocycles. The van der Waals surface area contributed by atoms with Gasteiger partial charge >= 0.3 is 0 Å². The lowest BCUT2D eigenvalue weighted by Gasteiger charge is -2.13. The summed E-state index contributed by atoms with van der Waals surface area (Å²) in [4.78, 5) is 1.16. The van der Waals surface area contributed by atoms with E-state index < -0.39 is 17.7 Å². The second-order valence-corrected chi connectivity index (χ2v) is 5.72. The Kier molecular flexibility index (Phi) is 4.48. The predicted molar refractivity (Wildman–Crippen MR) is 71.7 cm³/mol. The van der Waals surface area contributed by atoms with Crippen molar-refractivity contribution in [2.45, 2.75) is 18.9 Å². The molecule has 1 nitrogen and oxygen atoms in total. The number of aryl methyl sites for hydroxylation is 1. The quantitative estimate of drug-likeness (QED) is 0.820. The van der Waals surface area contributed by atoms with Gasteiger partial charge in [-0.05, 0) is 51.8 Å². The molecule has 0 bridgehead atoms. The van der Waals surface area contributed by atoms with Gasteiger partial charge in [-0.1, -0.05) is 12.1 Å². The summed E-state index contributed by atoms with van der Waals surface area (Å²) < 4.78 is 26.3. The Bertz CT molecular complexity index is 528. The zero-order chi connectivity index (χ0) is 13.1. The molecule has 0 spiro atoms. The zero-order valence-corrected chi connectivity index (χ0v) is 11.8. The number of aliphatic hydroxyl groups is 1. The van der Waals surface area contributed by atoms with Crippen molar-refractivity contribution in [2.75, 3.05) is 0 Å². The van der Waals surface area contributed by atoms with Gasteiger partial charge in [0.05, 0.1) is 10.6 Å². The lowest BCUT2D eigenvalue weighted by atomic mass is 10.0. The largest absolute Gasteiger partial charge is 0.388 e. The molecule has 18 heavy (non-hydrogen) atoms. The van der Waals surface area contributed by atoms with Gasteiger partial charge in [-0.25, -0.2) is 8.78 Å². The molecule has 2 aromatic rings. The summed E-state index contributed by atoms with van der Waals surface area (Å²) in [5, 5.41) is 12.0. The topological polar surface area (TPSA) is 20.2 Å². The third-order valence-electron chi connectivity index (χ3n) is 2.67. The summed E-state index contributed by atoms with van der Waals surface area (Å²) in [5.41, 5.74) is 0.380. The maximum absolute atomic E-state index is 13.3.